The highest BCUT2D eigenvalue weighted by molar-refractivity contribution is 6.23. The molecule has 3 heterocycles. The van der Waals surface area contributed by atoms with Crippen molar-refractivity contribution in [1.82, 2.24) is 25.8 Å². The van der Waals surface area contributed by atoms with Gasteiger partial charge in [-0.05, 0) is 55.2 Å². The standard InChI is InChI=1S/C34H35N5O7/c1-35-29(41)14-13-24(21-40)39-33(43)25-10-6-12-27(31(25)34(39)44)45-17-5-4-16-37-30(42)20-38-32(23-9-7-15-36-19-23)28-18-22-8-2-3-11-26(22)46-28/h2-3,6-12,15,18-19,21,24,32,38H,4-5,13-14,16-17,20H2,1H3,(H,35,41)(H,37,42). The maximum atomic E-state index is 13.2. The highest BCUT2D eigenvalue weighted by Crippen LogP contribution is 2.33. The number of hydrogen-bond acceptors (Lipinski definition) is 9. The first kappa shape index (κ1) is 32.0. The second-order valence-electron chi connectivity index (χ2n) is 10.8. The summed E-state index contributed by atoms with van der Waals surface area (Å²) in [5.74, 6) is -0.776. The third-order valence-electron chi connectivity index (χ3n) is 7.71. The summed E-state index contributed by atoms with van der Waals surface area (Å²) in [5.41, 5.74) is 1.89. The van der Waals surface area contributed by atoms with Crippen LogP contribution in [0.1, 0.15) is 63.8 Å². The zero-order valence-corrected chi connectivity index (χ0v) is 25.4. The molecule has 2 atom stereocenters. The van der Waals surface area contributed by atoms with Crippen LogP contribution in [0.25, 0.3) is 11.0 Å². The number of carbonyl (C=O) groups excluding carboxylic acids is 5. The Labute approximate surface area is 265 Å². The van der Waals surface area contributed by atoms with Gasteiger partial charge in [-0.15, -0.1) is 0 Å². The van der Waals surface area contributed by atoms with E-state index in [1.54, 1.807) is 24.5 Å². The van der Waals surface area contributed by atoms with Crippen LogP contribution in [-0.4, -0.2) is 72.6 Å². The SMILES string of the molecule is CNC(=O)CCC(C=O)N1C(=O)c2cccc(OCCCCNC(=O)CNC(c3cccnc3)c3cc4ccccc4o3)c2C1=O. The van der Waals surface area contributed by atoms with Crippen LogP contribution in [0.2, 0.25) is 0 Å². The van der Waals surface area contributed by atoms with Crippen LogP contribution in [0, 0.1) is 0 Å². The van der Waals surface area contributed by atoms with Crippen LogP contribution in [0.5, 0.6) is 5.75 Å². The minimum atomic E-state index is -1.06. The Hall–Kier alpha value is -5.36. The molecule has 5 rings (SSSR count). The van der Waals surface area contributed by atoms with E-state index in [0.717, 1.165) is 21.4 Å². The first-order valence-corrected chi connectivity index (χ1v) is 15.1. The van der Waals surface area contributed by atoms with Gasteiger partial charge in [0.05, 0.1) is 36.4 Å². The average Bonchev–Trinajstić information content (AvgIpc) is 3.62. The third-order valence-corrected chi connectivity index (χ3v) is 7.71. The summed E-state index contributed by atoms with van der Waals surface area (Å²) in [6.07, 6.45) is 5.14. The Morgan fingerprint density at radius 3 is 2.63 bits per heavy atom. The molecule has 0 aliphatic carbocycles. The van der Waals surface area contributed by atoms with Gasteiger partial charge >= 0.3 is 0 Å². The summed E-state index contributed by atoms with van der Waals surface area (Å²) in [5, 5.41) is 9.60. The van der Waals surface area contributed by atoms with Gasteiger partial charge in [-0.25, -0.2) is 0 Å². The second kappa shape index (κ2) is 15.1. The number of rotatable bonds is 16. The number of imide groups is 1. The maximum absolute atomic E-state index is 13.2. The molecule has 3 N–H and O–H groups in total. The van der Waals surface area contributed by atoms with Crippen molar-refractivity contribution < 1.29 is 33.1 Å². The van der Waals surface area contributed by atoms with Gasteiger partial charge in [0.25, 0.3) is 11.8 Å². The van der Waals surface area contributed by atoms with Crippen LogP contribution in [0.4, 0.5) is 0 Å². The van der Waals surface area contributed by atoms with Crippen LogP contribution in [-0.2, 0) is 14.4 Å². The number of pyridine rings is 1. The minimum absolute atomic E-state index is 0.00432. The quantitative estimate of drug-likeness (QED) is 0.0966. The van der Waals surface area contributed by atoms with Crippen molar-refractivity contribution in [2.24, 2.45) is 0 Å². The molecule has 2 aromatic carbocycles. The van der Waals surface area contributed by atoms with E-state index >= 15 is 0 Å². The number of ether oxygens (including phenoxy) is 1. The van der Waals surface area contributed by atoms with Crippen molar-refractivity contribution in [2.75, 3.05) is 26.7 Å². The van der Waals surface area contributed by atoms with Gasteiger partial charge < -0.3 is 24.6 Å². The molecule has 4 aromatic rings. The lowest BCUT2D eigenvalue weighted by Crippen LogP contribution is -2.41. The van der Waals surface area contributed by atoms with E-state index in [4.69, 9.17) is 9.15 Å². The molecule has 1 aliphatic rings. The fourth-order valence-electron chi connectivity index (χ4n) is 5.32. The lowest BCUT2D eigenvalue weighted by Gasteiger charge is -2.21. The Kier molecular flexibility index (Phi) is 10.5. The van der Waals surface area contributed by atoms with Crippen molar-refractivity contribution in [2.45, 2.75) is 37.8 Å². The Bertz CT molecular complexity index is 1690. The van der Waals surface area contributed by atoms with Crippen molar-refractivity contribution >= 4 is 40.9 Å². The Morgan fingerprint density at radius 1 is 1.02 bits per heavy atom. The monoisotopic (exact) mass is 625 g/mol. The van der Waals surface area contributed by atoms with Crippen molar-refractivity contribution in [3.05, 3.63) is 95.5 Å². The summed E-state index contributed by atoms with van der Waals surface area (Å²) >= 11 is 0. The van der Waals surface area contributed by atoms with Crippen molar-refractivity contribution in [3.63, 3.8) is 0 Å². The molecule has 238 valence electrons. The number of furan rings is 1. The zero-order valence-electron chi connectivity index (χ0n) is 25.4. The number of carbonyl (C=O) groups is 5. The van der Waals surface area contributed by atoms with Gasteiger partial charge in [0, 0.05) is 37.8 Å². The second-order valence-corrected chi connectivity index (χ2v) is 10.8. The highest BCUT2D eigenvalue weighted by Gasteiger charge is 2.42. The fraction of sp³-hybridized carbons (Fsp3) is 0.294. The molecular formula is C34H35N5O7. The molecule has 0 saturated carbocycles. The molecule has 0 bridgehead atoms. The van der Waals surface area contributed by atoms with Gasteiger partial charge in [-0.3, -0.25) is 34.4 Å². The van der Waals surface area contributed by atoms with Crippen LogP contribution >= 0.6 is 0 Å². The van der Waals surface area contributed by atoms with E-state index in [-0.39, 0.29) is 60.7 Å². The average molecular weight is 626 g/mol. The lowest BCUT2D eigenvalue weighted by atomic mass is 10.1. The molecule has 0 radical (unpaired) electrons. The molecule has 12 heteroatoms. The van der Waals surface area contributed by atoms with E-state index in [1.165, 1.54) is 13.1 Å². The summed E-state index contributed by atoms with van der Waals surface area (Å²) in [6, 6.07) is 16.7. The molecule has 2 unspecified atom stereocenters. The molecule has 46 heavy (non-hydrogen) atoms. The fourth-order valence-corrected chi connectivity index (χ4v) is 5.32. The molecule has 0 saturated heterocycles. The van der Waals surface area contributed by atoms with E-state index in [9.17, 15) is 24.0 Å². The summed E-state index contributed by atoms with van der Waals surface area (Å²) in [4.78, 5) is 67.3. The molecule has 0 spiro atoms. The first-order valence-electron chi connectivity index (χ1n) is 15.1. The van der Waals surface area contributed by atoms with Gasteiger partial charge in [0.15, 0.2) is 0 Å². The van der Waals surface area contributed by atoms with Gasteiger partial charge in [-0.2, -0.15) is 0 Å². The van der Waals surface area contributed by atoms with Crippen LogP contribution in [0.3, 0.4) is 0 Å². The van der Waals surface area contributed by atoms with Crippen molar-refractivity contribution in [3.8, 4) is 5.75 Å². The minimum Gasteiger partial charge on any atom is -0.493 e. The summed E-state index contributed by atoms with van der Waals surface area (Å²) in [6.45, 7) is 0.715. The van der Waals surface area contributed by atoms with Crippen molar-refractivity contribution in [1.29, 1.82) is 0 Å². The van der Waals surface area contributed by atoms with E-state index in [0.29, 0.717) is 31.4 Å². The predicted molar refractivity (Wildman–Crippen MR) is 168 cm³/mol. The number of para-hydroxylation sites is 1. The van der Waals surface area contributed by atoms with Gasteiger partial charge in [0.1, 0.15) is 23.4 Å². The number of hydrogen-bond donors (Lipinski definition) is 3. The third kappa shape index (κ3) is 7.29. The molecule has 1 aliphatic heterocycles. The largest absolute Gasteiger partial charge is 0.493 e. The number of aldehydes is 1. The summed E-state index contributed by atoms with van der Waals surface area (Å²) in [7, 11) is 1.47. The first-order chi connectivity index (χ1) is 22.4. The number of unbranched alkanes of at least 4 members (excludes halogenated alkanes) is 1. The van der Waals surface area contributed by atoms with Crippen LogP contribution < -0.4 is 20.7 Å². The molecular weight excluding hydrogens is 590 g/mol. The number of benzene rings is 2. The molecule has 2 aromatic heterocycles. The molecule has 4 amide bonds. The molecule has 12 nitrogen and oxygen atoms in total. The maximum Gasteiger partial charge on any atom is 0.265 e. The number of nitrogens with zero attached hydrogens (tertiary/aromatic N) is 2. The Morgan fingerprint density at radius 2 is 1.87 bits per heavy atom. The van der Waals surface area contributed by atoms with E-state index < -0.39 is 17.9 Å². The number of fused-ring (bicyclic) bond motifs is 2. The predicted octanol–water partition coefficient (Wildman–Crippen LogP) is 3.17. The van der Waals surface area contributed by atoms with E-state index in [2.05, 4.69) is 20.9 Å². The lowest BCUT2D eigenvalue weighted by molar-refractivity contribution is -0.121. The van der Waals surface area contributed by atoms with Crippen LogP contribution in [0.15, 0.2) is 77.5 Å². The van der Waals surface area contributed by atoms with Gasteiger partial charge in [-0.1, -0.05) is 30.3 Å². The number of aromatic nitrogens is 1. The summed E-state index contributed by atoms with van der Waals surface area (Å²) < 4.78 is 11.9. The topological polar surface area (TPSA) is 160 Å². The molecule has 0 fully saturated rings. The highest BCUT2D eigenvalue weighted by atomic mass is 16.5. The number of amides is 4. The Balaban J connectivity index is 1.09. The zero-order chi connectivity index (χ0) is 32.5. The smallest absolute Gasteiger partial charge is 0.265 e. The number of nitrogens with one attached hydrogen (secondary N) is 3. The van der Waals surface area contributed by atoms with E-state index in [1.807, 2.05) is 42.5 Å². The van der Waals surface area contributed by atoms with Gasteiger partial charge in [0.2, 0.25) is 11.8 Å². The normalized spacial score (nSPS) is 13.7.